The SMILES string of the molecule is CC(C)C(N)C(O)c1ccn(C)c1. The van der Waals surface area contributed by atoms with E-state index in [4.69, 9.17) is 5.73 Å². The molecule has 0 aliphatic carbocycles. The first-order chi connectivity index (χ1) is 6.02. The summed E-state index contributed by atoms with van der Waals surface area (Å²) in [5.74, 6) is 0.287. The molecule has 0 aliphatic rings. The number of aromatic nitrogens is 1. The molecule has 0 aromatic carbocycles. The molecule has 1 heterocycles. The van der Waals surface area contributed by atoms with Crippen molar-refractivity contribution in [2.24, 2.45) is 18.7 Å². The Morgan fingerprint density at radius 3 is 2.46 bits per heavy atom. The maximum Gasteiger partial charge on any atom is 0.0957 e. The van der Waals surface area contributed by atoms with E-state index in [1.807, 2.05) is 43.9 Å². The lowest BCUT2D eigenvalue weighted by Gasteiger charge is -2.21. The molecule has 0 saturated heterocycles. The van der Waals surface area contributed by atoms with E-state index in [1.165, 1.54) is 0 Å². The predicted octanol–water partition coefficient (Wildman–Crippen LogP) is 1.04. The van der Waals surface area contributed by atoms with Crippen molar-refractivity contribution < 1.29 is 5.11 Å². The predicted molar refractivity (Wildman–Crippen MR) is 53.2 cm³/mol. The van der Waals surface area contributed by atoms with E-state index in [0.717, 1.165) is 5.56 Å². The van der Waals surface area contributed by atoms with Crippen LogP contribution in [0, 0.1) is 5.92 Å². The summed E-state index contributed by atoms with van der Waals surface area (Å²) >= 11 is 0. The summed E-state index contributed by atoms with van der Waals surface area (Å²) in [5.41, 5.74) is 6.73. The highest BCUT2D eigenvalue weighted by atomic mass is 16.3. The number of hydrogen-bond donors (Lipinski definition) is 2. The molecular weight excluding hydrogens is 164 g/mol. The fourth-order valence-electron chi connectivity index (χ4n) is 1.29. The largest absolute Gasteiger partial charge is 0.387 e. The fourth-order valence-corrected chi connectivity index (χ4v) is 1.29. The summed E-state index contributed by atoms with van der Waals surface area (Å²) in [6.07, 6.45) is 3.25. The zero-order valence-electron chi connectivity index (χ0n) is 8.44. The quantitative estimate of drug-likeness (QED) is 0.734. The van der Waals surface area contributed by atoms with Crippen molar-refractivity contribution in [1.29, 1.82) is 0 Å². The Hall–Kier alpha value is -0.800. The van der Waals surface area contributed by atoms with Crippen LogP contribution in [0.5, 0.6) is 0 Å². The Balaban J connectivity index is 2.73. The van der Waals surface area contributed by atoms with Crippen LogP contribution in [0.15, 0.2) is 18.5 Å². The van der Waals surface area contributed by atoms with E-state index in [2.05, 4.69) is 0 Å². The highest BCUT2D eigenvalue weighted by molar-refractivity contribution is 5.15. The summed E-state index contributed by atoms with van der Waals surface area (Å²) < 4.78 is 1.91. The van der Waals surface area contributed by atoms with Crippen LogP contribution in [0.1, 0.15) is 25.5 Å². The van der Waals surface area contributed by atoms with Crippen LogP contribution in [0.3, 0.4) is 0 Å². The summed E-state index contributed by atoms with van der Waals surface area (Å²) in [5, 5.41) is 9.83. The second kappa shape index (κ2) is 3.94. The minimum atomic E-state index is -0.554. The summed E-state index contributed by atoms with van der Waals surface area (Å²) in [6.45, 7) is 4.02. The van der Waals surface area contributed by atoms with Crippen molar-refractivity contribution >= 4 is 0 Å². The van der Waals surface area contributed by atoms with Gasteiger partial charge in [-0.3, -0.25) is 0 Å². The molecule has 74 valence electrons. The lowest BCUT2D eigenvalue weighted by atomic mass is 9.96. The van der Waals surface area contributed by atoms with E-state index in [0.29, 0.717) is 0 Å². The van der Waals surface area contributed by atoms with Crippen molar-refractivity contribution in [2.45, 2.75) is 26.0 Å². The first-order valence-corrected chi connectivity index (χ1v) is 4.58. The number of nitrogens with two attached hydrogens (primary N) is 1. The van der Waals surface area contributed by atoms with E-state index >= 15 is 0 Å². The van der Waals surface area contributed by atoms with E-state index in [9.17, 15) is 5.11 Å². The minimum Gasteiger partial charge on any atom is -0.387 e. The van der Waals surface area contributed by atoms with Crippen molar-refractivity contribution in [3.05, 3.63) is 24.0 Å². The molecule has 0 amide bonds. The maximum atomic E-state index is 9.83. The molecule has 3 N–H and O–H groups in total. The molecule has 1 aromatic rings. The Labute approximate surface area is 79.2 Å². The fraction of sp³-hybridized carbons (Fsp3) is 0.600. The van der Waals surface area contributed by atoms with Gasteiger partial charge in [-0.25, -0.2) is 0 Å². The number of aliphatic hydroxyl groups is 1. The van der Waals surface area contributed by atoms with Crippen LogP contribution in [-0.2, 0) is 7.05 Å². The van der Waals surface area contributed by atoms with Crippen molar-refractivity contribution in [3.63, 3.8) is 0 Å². The standard InChI is InChI=1S/C10H18N2O/c1-7(2)9(11)10(13)8-4-5-12(3)6-8/h4-7,9-10,13H,11H2,1-3H3. The van der Waals surface area contributed by atoms with E-state index in [-0.39, 0.29) is 12.0 Å². The average molecular weight is 182 g/mol. The van der Waals surface area contributed by atoms with Gasteiger partial charge in [0, 0.05) is 25.5 Å². The third-order valence-electron chi connectivity index (χ3n) is 2.33. The minimum absolute atomic E-state index is 0.192. The van der Waals surface area contributed by atoms with Gasteiger partial charge in [-0.05, 0) is 17.5 Å². The molecule has 1 aromatic heterocycles. The number of hydrogen-bond acceptors (Lipinski definition) is 2. The first kappa shape index (κ1) is 10.3. The molecule has 13 heavy (non-hydrogen) atoms. The lowest BCUT2D eigenvalue weighted by Crippen LogP contribution is -2.33. The Morgan fingerprint density at radius 2 is 2.08 bits per heavy atom. The molecule has 2 atom stereocenters. The van der Waals surface area contributed by atoms with Crippen molar-refractivity contribution in [3.8, 4) is 0 Å². The Bertz CT molecular complexity index is 268. The molecule has 3 heteroatoms. The number of nitrogens with zero attached hydrogens (tertiary/aromatic N) is 1. The van der Waals surface area contributed by atoms with Gasteiger partial charge in [0.2, 0.25) is 0 Å². The number of aryl methyl sites for hydroxylation is 1. The molecule has 0 fully saturated rings. The van der Waals surface area contributed by atoms with Crippen LogP contribution >= 0.6 is 0 Å². The van der Waals surface area contributed by atoms with E-state index in [1.54, 1.807) is 0 Å². The topological polar surface area (TPSA) is 51.2 Å². The summed E-state index contributed by atoms with van der Waals surface area (Å²) in [4.78, 5) is 0. The number of aliphatic hydroxyl groups excluding tert-OH is 1. The van der Waals surface area contributed by atoms with Crippen LogP contribution in [0.2, 0.25) is 0 Å². The van der Waals surface area contributed by atoms with Gasteiger partial charge < -0.3 is 15.4 Å². The van der Waals surface area contributed by atoms with Gasteiger partial charge in [-0.1, -0.05) is 13.8 Å². The Morgan fingerprint density at radius 1 is 1.46 bits per heavy atom. The normalized spacial score (nSPS) is 16.2. The van der Waals surface area contributed by atoms with Gasteiger partial charge in [0.05, 0.1) is 6.10 Å². The molecule has 1 rings (SSSR count). The summed E-state index contributed by atoms with van der Waals surface area (Å²) in [6, 6.07) is 1.70. The molecule has 3 nitrogen and oxygen atoms in total. The van der Waals surface area contributed by atoms with Crippen LogP contribution < -0.4 is 5.73 Å². The molecule has 0 radical (unpaired) electrons. The lowest BCUT2D eigenvalue weighted by molar-refractivity contribution is 0.126. The zero-order valence-corrected chi connectivity index (χ0v) is 8.44. The van der Waals surface area contributed by atoms with Gasteiger partial charge in [-0.15, -0.1) is 0 Å². The highest BCUT2D eigenvalue weighted by Gasteiger charge is 2.20. The molecular formula is C10H18N2O. The smallest absolute Gasteiger partial charge is 0.0957 e. The molecule has 0 saturated carbocycles. The van der Waals surface area contributed by atoms with Gasteiger partial charge in [0.15, 0.2) is 0 Å². The highest BCUT2D eigenvalue weighted by Crippen LogP contribution is 2.19. The van der Waals surface area contributed by atoms with Gasteiger partial charge >= 0.3 is 0 Å². The van der Waals surface area contributed by atoms with Crippen LogP contribution in [0.25, 0.3) is 0 Å². The zero-order chi connectivity index (χ0) is 10.0. The monoisotopic (exact) mass is 182 g/mol. The second-order valence-corrected chi connectivity index (χ2v) is 3.88. The van der Waals surface area contributed by atoms with Crippen molar-refractivity contribution in [2.75, 3.05) is 0 Å². The second-order valence-electron chi connectivity index (χ2n) is 3.88. The average Bonchev–Trinajstić information content (AvgIpc) is 2.49. The van der Waals surface area contributed by atoms with Crippen LogP contribution in [-0.4, -0.2) is 15.7 Å². The summed E-state index contributed by atoms with van der Waals surface area (Å²) in [7, 11) is 1.93. The van der Waals surface area contributed by atoms with Gasteiger partial charge in [0.25, 0.3) is 0 Å². The Kier molecular flexibility index (Phi) is 3.12. The van der Waals surface area contributed by atoms with Crippen LogP contribution in [0.4, 0.5) is 0 Å². The molecule has 2 unspecified atom stereocenters. The van der Waals surface area contributed by atoms with Crippen molar-refractivity contribution in [1.82, 2.24) is 4.57 Å². The molecule has 0 aliphatic heterocycles. The van der Waals surface area contributed by atoms with E-state index < -0.39 is 6.10 Å². The first-order valence-electron chi connectivity index (χ1n) is 4.58. The molecule has 0 spiro atoms. The number of rotatable bonds is 3. The van der Waals surface area contributed by atoms with Gasteiger partial charge in [0.1, 0.15) is 0 Å². The maximum absolute atomic E-state index is 9.83. The van der Waals surface area contributed by atoms with Gasteiger partial charge in [-0.2, -0.15) is 0 Å². The third-order valence-corrected chi connectivity index (χ3v) is 2.33. The third kappa shape index (κ3) is 2.32. The molecule has 0 bridgehead atoms.